The van der Waals surface area contributed by atoms with Crippen molar-refractivity contribution in [1.29, 1.82) is 0 Å². The molecule has 1 aliphatic heterocycles. The number of sulfonamides is 1. The number of piperidine rings is 1. The fourth-order valence-electron chi connectivity index (χ4n) is 3.33. The predicted molar refractivity (Wildman–Crippen MR) is 119 cm³/mol. The first-order valence-electron chi connectivity index (χ1n) is 9.99. The van der Waals surface area contributed by atoms with E-state index in [1.165, 1.54) is 21.5 Å². The summed E-state index contributed by atoms with van der Waals surface area (Å²) in [6, 6.07) is 14.9. The zero-order chi connectivity index (χ0) is 20.7. The number of hydrogen-bond donors (Lipinski definition) is 1. The summed E-state index contributed by atoms with van der Waals surface area (Å²) in [6.45, 7) is 3.60. The molecule has 1 saturated heterocycles. The normalized spacial score (nSPS) is 15.2. The van der Waals surface area contributed by atoms with E-state index in [1.807, 2.05) is 0 Å². The number of rotatable bonds is 8. The molecule has 0 saturated carbocycles. The summed E-state index contributed by atoms with van der Waals surface area (Å²) in [5.41, 5.74) is 2.72. The van der Waals surface area contributed by atoms with Gasteiger partial charge in [-0.25, -0.2) is 8.42 Å². The van der Waals surface area contributed by atoms with E-state index in [4.69, 9.17) is 0 Å². The quantitative estimate of drug-likeness (QED) is 0.644. The molecular formula is C22H28N2O3S2. The molecule has 5 nitrogen and oxygen atoms in total. The van der Waals surface area contributed by atoms with Gasteiger partial charge in [-0.15, -0.1) is 0 Å². The molecule has 1 amide bonds. The first-order valence-corrected chi connectivity index (χ1v) is 12.6. The summed E-state index contributed by atoms with van der Waals surface area (Å²) in [7, 11) is -3.65. The van der Waals surface area contributed by atoms with Gasteiger partial charge in [0, 0.05) is 31.1 Å². The van der Waals surface area contributed by atoms with Crippen molar-refractivity contribution in [2.24, 2.45) is 0 Å². The topological polar surface area (TPSA) is 66.5 Å². The first kappa shape index (κ1) is 21.9. The van der Waals surface area contributed by atoms with Crippen molar-refractivity contribution in [2.75, 3.05) is 25.4 Å². The van der Waals surface area contributed by atoms with E-state index in [2.05, 4.69) is 36.5 Å². The first-order chi connectivity index (χ1) is 14.0. The van der Waals surface area contributed by atoms with Gasteiger partial charge in [0.15, 0.2) is 0 Å². The van der Waals surface area contributed by atoms with E-state index >= 15 is 0 Å². The Morgan fingerprint density at radius 3 is 2.45 bits per heavy atom. The lowest BCUT2D eigenvalue weighted by molar-refractivity contribution is 0.0952. The molecule has 0 spiro atoms. The van der Waals surface area contributed by atoms with Crippen molar-refractivity contribution in [3.05, 3.63) is 65.2 Å². The smallest absolute Gasteiger partial charge is 0.252 e. The molecule has 3 rings (SSSR count). The lowest BCUT2D eigenvalue weighted by atomic mass is 10.2. The minimum atomic E-state index is -3.65. The lowest BCUT2D eigenvalue weighted by Crippen LogP contribution is -2.37. The van der Waals surface area contributed by atoms with Gasteiger partial charge in [-0.2, -0.15) is 16.1 Å². The average Bonchev–Trinajstić information content (AvgIpc) is 2.75. The molecule has 1 N–H and O–H groups in total. The maximum atomic E-state index is 13.0. The third-order valence-electron chi connectivity index (χ3n) is 4.99. The van der Waals surface area contributed by atoms with E-state index in [9.17, 15) is 13.2 Å². The molecule has 0 aromatic heterocycles. The van der Waals surface area contributed by atoms with Gasteiger partial charge in [0.05, 0.1) is 10.5 Å². The van der Waals surface area contributed by atoms with Gasteiger partial charge in [-0.05, 0) is 37.5 Å². The van der Waals surface area contributed by atoms with Gasteiger partial charge < -0.3 is 5.32 Å². The van der Waals surface area contributed by atoms with Crippen molar-refractivity contribution < 1.29 is 13.2 Å². The highest BCUT2D eigenvalue weighted by Crippen LogP contribution is 2.23. The van der Waals surface area contributed by atoms with E-state index in [1.54, 1.807) is 30.0 Å². The Morgan fingerprint density at radius 1 is 1.03 bits per heavy atom. The molecule has 0 bridgehead atoms. The number of benzene rings is 2. The van der Waals surface area contributed by atoms with Crippen molar-refractivity contribution in [3.63, 3.8) is 0 Å². The van der Waals surface area contributed by atoms with Crippen LogP contribution in [0.5, 0.6) is 0 Å². The number of hydrogen-bond acceptors (Lipinski definition) is 4. The van der Waals surface area contributed by atoms with Crippen LogP contribution in [-0.4, -0.2) is 44.0 Å². The predicted octanol–water partition coefficient (Wildman–Crippen LogP) is 3.83. The van der Waals surface area contributed by atoms with Crippen LogP contribution in [0.3, 0.4) is 0 Å². The highest BCUT2D eigenvalue weighted by molar-refractivity contribution is 7.98. The summed E-state index contributed by atoms with van der Waals surface area (Å²) in [5.74, 6) is 1.31. The Balaban J connectivity index is 1.56. The zero-order valence-electron chi connectivity index (χ0n) is 16.8. The number of aryl methyl sites for hydroxylation is 1. The van der Waals surface area contributed by atoms with Crippen molar-refractivity contribution in [3.8, 4) is 0 Å². The van der Waals surface area contributed by atoms with Crippen molar-refractivity contribution in [1.82, 2.24) is 9.62 Å². The van der Waals surface area contributed by atoms with Crippen LogP contribution in [0.15, 0.2) is 53.4 Å². The third-order valence-corrected chi connectivity index (χ3v) is 7.97. The summed E-state index contributed by atoms with van der Waals surface area (Å²) in [5, 5.41) is 2.87. The molecule has 2 aromatic carbocycles. The Bertz CT molecular complexity index is 921. The largest absolute Gasteiger partial charge is 0.351 e. The van der Waals surface area contributed by atoms with Crippen LogP contribution in [0.25, 0.3) is 0 Å². The highest BCUT2D eigenvalue weighted by atomic mass is 32.2. The van der Waals surface area contributed by atoms with Crippen LogP contribution in [0.4, 0.5) is 0 Å². The van der Waals surface area contributed by atoms with Gasteiger partial charge in [-0.3, -0.25) is 4.79 Å². The van der Waals surface area contributed by atoms with Gasteiger partial charge in [0.1, 0.15) is 0 Å². The maximum absolute atomic E-state index is 13.0. The van der Waals surface area contributed by atoms with E-state index < -0.39 is 10.0 Å². The van der Waals surface area contributed by atoms with Gasteiger partial charge in [0.2, 0.25) is 10.0 Å². The number of carbonyl (C=O) groups excluding carboxylic acids is 1. The number of carbonyl (C=O) groups is 1. The van der Waals surface area contributed by atoms with Crippen molar-refractivity contribution in [2.45, 2.75) is 36.8 Å². The molecule has 29 heavy (non-hydrogen) atoms. The Morgan fingerprint density at radius 2 is 1.72 bits per heavy atom. The number of nitrogens with one attached hydrogen (secondary N) is 1. The molecule has 1 fully saturated rings. The molecule has 0 unspecified atom stereocenters. The van der Waals surface area contributed by atoms with Crippen LogP contribution < -0.4 is 5.32 Å². The second kappa shape index (κ2) is 10.3. The van der Waals surface area contributed by atoms with Crippen LogP contribution in [0.2, 0.25) is 0 Å². The van der Waals surface area contributed by atoms with Gasteiger partial charge in [-0.1, -0.05) is 48.4 Å². The second-order valence-corrected chi connectivity index (χ2v) is 10.3. The molecule has 0 radical (unpaired) electrons. The number of nitrogens with zero attached hydrogens (tertiary/aromatic N) is 1. The molecule has 7 heteroatoms. The number of amides is 1. The highest BCUT2D eigenvalue weighted by Gasteiger charge is 2.29. The SMILES string of the molecule is Cc1ccc(CSCCNC(=O)c2ccccc2S(=O)(=O)N2CCCCC2)cc1. The Hall–Kier alpha value is -1.83. The maximum Gasteiger partial charge on any atom is 0.252 e. The zero-order valence-corrected chi connectivity index (χ0v) is 18.4. The van der Waals surface area contributed by atoms with Gasteiger partial charge in [0.25, 0.3) is 5.91 Å². The average molecular weight is 433 g/mol. The van der Waals surface area contributed by atoms with Crippen LogP contribution >= 0.6 is 11.8 Å². The summed E-state index contributed by atoms with van der Waals surface area (Å²) < 4.78 is 27.5. The van der Waals surface area contributed by atoms with Crippen LogP contribution in [-0.2, 0) is 15.8 Å². The minimum Gasteiger partial charge on any atom is -0.351 e. The molecular weight excluding hydrogens is 404 g/mol. The summed E-state index contributed by atoms with van der Waals surface area (Å²) in [6.07, 6.45) is 2.78. The second-order valence-electron chi connectivity index (χ2n) is 7.25. The lowest BCUT2D eigenvalue weighted by Gasteiger charge is -2.26. The Labute approximate surface area is 177 Å². The van der Waals surface area contributed by atoms with Crippen molar-refractivity contribution >= 4 is 27.7 Å². The van der Waals surface area contributed by atoms with E-state index in [-0.39, 0.29) is 16.4 Å². The van der Waals surface area contributed by atoms with Gasteiger partial charge >= 0.3 is 0 Å². The molecule has 0 atom stereocenters. The fourth-order valence-corrected chi connectivity index (χ4v) is 5.85. The fraction of sp³-hybridized carbons (Fsp3) is 0.409. The summed E-state index contributed by atoms with van der Waals surface area (Å²) in [4.78, 5) is 12.8. The standard InChI is InChI=1S/C22H28N2O3S2/c1-18-9-11-19(12-10-18)17-28-16-13-23-22(25)20-7-3-4-8-21(20)29(26,27)24-14-5-2-6-15-24/h3-4,7-12H,2,5-6,13-17H2,1H3,(H,23,25). The Kier molecular flexibility index (Phi) is 7.75. The minimum absolute atomic E-state index is 0.103. The third kappa shape index (κ3) is 5.84. The number of thioether (sulfide) groups is 1. The van der Waals surface area contributed by atoms with E-state index in [0.717, 1.165) is 30.8 Å². The molecule has 156 valence electrons. The molecule has 1 aliphatic rings. The van der Waals surface area contributed by atoms with E-state index in [0.29, 0.717) is 19.6 Å². The molecule has 1 heterocycles. The molecule has 0 aliphatic carbocycles. The van der Waals surface area contributed by atoms with Crippen LogP contribution in [0, 0.1) is 6.92 Å². The van der Waals surface area contributed by atoms with Crippen LogP contribution in [0.1, 0.15) is 40.7 Å². The monoisotopic (exact) mass is 432 g/mol. The summed E-state index contributed by atoms with van der Waals surface area (Å²) >= 11 is 1.74. The molecule has 2 aromatic rings.